The topological polar surface area (TPSA) is 6.48 Å². The summed E-state index contributed by atoms with van der Waals surface area (Å²) in [6.07, 6.45) is 0. The van der Waals surface area contributed by atoms with Crippen molar-refractivity contribution >= 4 is 44.9 Å². The Morgan fingerprint density at radius 2 is 0.721 bits per heavy atom. The molecule has 0 unspecified atom stereocenters. The van der Waals surface area contributed by atoms with Gasteiger partial charge in [-0.2, -0.15) is 0 Å². The first kappa shape index (κ1) is 35.0. The van der Waals surface area contributed by atoms with Crippen molar-refractivity contribution in [2.75, 3.05) is 9.80 Å². The van der Waals surface area contributed by atoms with E-state index in [0.29, 0.717) is 0 Å². The normalized spacial score (nSPS) is 12.7. The number of fused-ring (bicyclic) bond motifs is 11. The van der Waals surface area contributed by atoms with Gasteiger partial charge in [0.05, 0.1) is 11.1 Å². The summed E-state index contributed by atoms with van der Waals surface area (Å²) in [5.41, 5.74) is 18.8. The number of nitrogens with zero attached hydrogens (tertiary/aromatic N) is 2. The fourth-order valence-electron chi connectivity index (χ4n) is 10.4. The predicted octanol–water partition coefficient (Wildman–Crippen LogP) is 15.8. The molecule has 10 aromatic rings. The van der Waals surface area contributed by atoms with Crippen LogP contribution in [0.25, 0.3) is 44.2 Å². The lowest BCUT2D eigenvalue weighted by Crippen LogP contribution is -2.26. The average molecular weight is 777 g/mol. The van der Waals surface area contributed by atoms with Crippen LogP contribution in [-0.2, 0) is 5.41 Å². The number of rotatable bonds is 7. The first-order valence-corrected chi connectivity index (χ1v) is 21.1. The van der Waals surface area contributed by atoms with Crippen molar-refractivity contribution in [3.8, 4) is 33.4 Å². The Labute approximate surface area is 356 Å². The molecule has 1 spiro atoms. The van der Waals surface area contributed by atoms with Crippen LogP contribution in [-0.4, -0.2) is 0 Å². The zero-order valence-corrected chi connectivity index (χ0v) is 33.5. The number of para-hydroxylation sites is 3. The molecule has 0 aromatic heterocycles. The van der Waals surface area contributed by atoms with Crippen LogP contribution in [0.4, 0.5) is 34.1 Å². The van der Waals surface area contributed by atoms with Gasteiger partial charge >= 0.3 is 0 Å². The smallest absolute Gasteiger partial charge is 0.0727 e. The molecule has 0 aliphatic heterocycles. The molecular formula is C59H40N2. The Morgan fingerprint density at radius 1 is 0.279 bits per heavy atom. The second-order valence-electron chi connectivity index (χ2n) is 16.0. The highest BCUT2D eigenvalue weighted by atomic mass is 15.2. The minimum absolute atomic E-state index is 0.538. The molecular weight excluding hydrogens is 737 g/mol. The number of hydrogen-bond donors (Lipinski definition) is 0. The Hall–Kier alpha value is -7.94. The van der Waals surface area contributed by atoms with Crippen LogP contribution in [0.2, 0.25) is 0 Å². The van der Waals surface area contributed by atoms with E-state index in [1.165, 1.54) is 66.4 Å². The summed E-state index contributed by atoms with van der Waals surface area (Å²) >= 11 is 0. The Bertz CT molecular complexity index is 3150. The summed E-state index contributed by atoms with van der Waals surface area (Å²) in [5, 5.41) is 2.50. The maximum atomic E-state index is 2.50. The third kappa shape index (κ3) is 5.36. The van der Waals surface area contributed by atoms with Gasteiger partial charge < -0.3 is 9.80 Å². The van der Waals surface area contributed by atoms with Crippen molar-refractivity contribution in [3.63, 3.8) is 0 Å². The molecule has 0 radical (unpaired) electrons. The van der Waals surface area contributed by atoms with E-state index in [-0.39, 0.29) is 0 Å². The van der Waals surface area contributed by atoms with Gasteiger partial charge in [-0.05, 0) is 122 Å². The molecule has 12 rings (SSSR count). The maximum Gasteiger partial charge on any atom is 0.0727 e. The Kier molecular flexibility index (Phi) is 8.11. The van der Waals surface area contributed by atoms with Gasteiger partial charge in [0.15, 0.2) is 0 Å². The van der Waals surface area contributed by atoms with E-state index in [4.69, 9.17) is 0 Å². The van der Waals surface area contributed by atoms with Gasteiger partial charge in [-0.15, -0.1) is 0 Å². The van der Waals surface area contributed by atoms with Gasteiger partial charge in [-0.1, -0.05) is 182 Å². The molecule has 0 bridgehead atoms. The molecule has 0 fully saturated rings. The molecule has 0 amide bonds. The molecule has 2 aliphatic carbocycles. The molecule has 2 heteroatoms. The van der Waals surface area contributed by atoms with E-state index in [1.807, 2.05) is 0 Å². The zero-order valence-electron chi connectivity index (χ0n) is 33.5. The van der Waals surface area contributed by atoms with E-state index in [9.17, 15) is 0 Å². The van der Waals surface area contributed by atoms with Gasteiger partial charge in [-0.3, -0.25) is 0 Å². The van der Waals surface area contributed by atoms with Crippen LogP contribution >= 0.6 is 0 Å². The van der Waals surface area contributed by atoms with E-state index >= 15 is 0 Å². The van der Waals surface area contributed by atoms with Crippen LogP contribution in [0, 0.1) is 0 Å². The van der Waals surface area contributed by atoms with Crippen molar-refractivity contribution in [3.05, 3.63) is 265 Å². The fourth-order valence-corrected chi connectivity index (χ4v) is 10.4. The summed E-state index contributed by atoms with van der Waals surface area (Å²) in [5.74, 6) is 0. The summed E-state index contributed by atoms with van der Waals surface area (Å²) in [6.45, 7) is 0. The van der Waals surface area contributed by atoms with Crippen LogP contribution in [0.3, 0.4) is 0 Å². The van der Waals surface area contributed by atoms with E-state index in [0.717, 1.165) is 34.1 Å². The predicted molar refractivity (Wildman–Crippen MR) is 255 cm³/mol. The van der Waals surface area contributed by atoms with Gasteiger partial charge in [0, 0.05) is 34.0 Å². The summed E-state index contributed by atoms with van der Waals surface area (Å²) in [7, 11) is 0. The lowest BCUT2D eigenvalue weighted by Gasteiger charge is -2.34. The van der Waals surface area contributed by atoms with Crippen LogP contribution < -0.4 is 9.80 Å². The molecule has 2 aliphatic rings. The van der Waals surface area contributed by atoms with E-state index in [1.54, 1.807) is 0 Å². The fraction of sp³-hybridized carbons (Fsp3) is 0.0169. The zero-order chi connectivity index (χ0) is 40.3. The van der Waals surface area contributed by atoms with Crippen molar-refractivity contribution in [1.29, 1.82) is 0 Å². The van der Waals surface area contributed by atoms with Crippen LogP contribution in [0.1, 0.15) is 22.3 Å². The standard InChI is InChI=1S/C59H40N2/c1-4-21-43(22-5-1)60(46-37-35-42(36-38-46)49-31-18-20-41-19-10-11-27-48(41)49)47-39-56-58(57(40-47)61(44-23-6-2-7-24-44)45-25-8-3-9-26-45)52-30-14-17-34-55(52)59(56)53-32-15-12-28-50(53)51-29-13-16-33-54(51)59/h1-40H. The molecule has 0 N–H and O–H groups in total. The Morgan fingerprint density at radius 3 is 1.33 bits per heavy atom. The van der Waals surface area contributed by atoms with Gasteiger partial charge in [0.2, 0.25) is 0 Å². The van der Waals surface area contributed by atoms with E-state index in [2.05, 4.69) is 252 Å². The number of anilines is 6. The minimum Gasteiger partial charge on any atom is -0.310 e. The number of benzene rings is 10. The Balaban J connectivity index is 1.17. The largest absolute Gasteiger partial charge is 0.310 e. The third-order valence-electron chi connectivity index (χ3n) is 12.8. The summed E-state index contributed by atoms with van der Waals surface area (Å²) < 4.78 is 0. The lowest BCUT2D eigenvalue weighted by molar-refractivity contribution is 0.793. The first-order valence-electron chi connectivity index (χ1n) is 21.1. The molecule has 10 aromatic carbocycles. The molecule has 0 atom stereocenters. The summed E-state index contributed by atoms with van der Waals surface area (Å²) in [6, 6.07) is 89.1. The molecule has 0 saturated heterocycles. The minimum atomic E-state index is -0.538. The summed E-state index contributed by atoms with van der Waals surface area (Å²) in [4.78, 5) is 4.89. The van der Waals surface area contributed by atoms with Crippen molar-refractivity contribution in [2.45, 2.75) is 5.41 Å². The van der Waals surface area contributed by atoms with Crippen molar-refractivity contribution in [1.82, 2.24) is 0 Å². The van der Waals surface area contributed by atoms with E-state index < -0.39 is 5.41 Å². The highest BCUT2D eigenvalue weighted by Crippen LogP contribution is 2.65. The quantitative estimate of drug-likeness (QED) is 0.159. The molecule has 286 valence electrons. The molecule has 2 nitrogen and oxygen atoms in total. The van der Waals surface area contributed by atoms with Crippen LogP contribution in [0.15, 0.2) is 243 Å². The first-order chi connectivity index (χ1) is 30.3. The molecule has 61 heavy (non-hydrogen) atoms. The maximum absolute atomic E-state index is 2.50. The lowest BCUT2D eigenvalue weighted by atomic mass is 9.70. The molecule has 0 heterocycles. The van der Waals surface area contributed by atoms with Gasteiger partial charge in [-0.25, -0.2) is 0 Å². The van der Waals surface area contributed by atoms with Crippen LogP contribution in [0.5, 0.6) is 0 Å². The SMILES string of the molecule is c1ccc(N(c2ccc(-c3cccc4ccccc34)cc2)c2cc(N(c3ccccc3)c3ccccc3)c3c(c2)C2(c4ccccc4-c4ccccc42)c2ccccc2-3)cc1. The second kappa shape index (κ2) is 14.1. The monoisotopic (exact) mass is 776 g/mol. The highest BCUT2D eigenvalue weighted by Gasteiger charge is 2.52. The second-order valence-corrected chi connectivity index (χ2v) is 16.0. The van der Waals surface area contributed by atoms with Gasteiger partial charge in [0.25, 0.3) is 0 Å². The van der Waals surface area contributed by atoms with Crippen molar-refractivity contribution in [2.24, 2.45) is 0 Å². The highest BCUT2D eigenvalue weighted by molar-refractivity contribution is 6.03. The number of hydrogen-bond acceptors (Lipinski definition) is 2. The van der Waals surface area contributed by atoms with Gasteiger partial charge in [0.1, 0.15) is 0 Å². The van der Waals surface area contributed by atoms with Crippen molar-refractivity contribution < 1.29 is 0 Å². The average Bonchev–Trinajstić information content (AvgIpc) is 3.80. The molecule has 0 saturated carbocycles. The third-order valence-corrected chi connectivity index (χ3v) is 12.8.